The zero-order valence-electron chi connectivity index (χ0n) is 24.7. The van der Waals surface area contributed by atoms with Crippen molar-refractivity contribution in [2.75, 3.05) is 11.5 Å². The molecule has 2 nitrogen and oxygen atoms in total. The van der Waals surface area contributed by atoms with Crippen molar-refractivity contribution in [2.45, 2.75) is 101 Å². The Labute approximate surface area is 252 Å². The Hall–Kier alpha value is -3.08. The number of anilines is 2. The van der Waals surface area contributed by atoms with Gasteiger partial charge < -0.3 is 11.5 Å². The molecule has 0 unspecified atom stereocenters. The van der Waals surface area contributed by atoms with Gasteiger partial charge in [0.2, 0.25) is 0 Å². The lowest BCUT2D eigenvalue weighted by Crippen LogP contribution is -2.74. The highest BCUT2D eigenvalue weighted by atomic mass is 19.4. The van der Waals surface area contributed by atoms with Crippen molar-refractivity contribution in [3.05, 3.63) is 57.6 Å². The lowest BCUT2D eigenvalue weighted by atomic mass is 9.83. The van der Waals surface area contributed by atoms with E-state index < -0.39 is 92.6 Å². The summed E-state index contributed by atoms with van der Waals surface area (Å²) in [5.41, 5.74) is 4.20. The second-order valence-corrected chi connectivity index (χ2v) is 11.5. The van der Waals surface area contributed by atoms with Gasteiger partial charge in [0.05, 0.1) is 0 Å². The van der Waals surface area contributed by atoms with Crippen LogP contribution in [-0.2, 0) is 11.8 Å². The van der Waals surface area contributed by atoms with Crippen molar-refractivity contribution >= 4 is 11.4 Å². The molecule has 0 spiro atoms. The molecule has 2 aromatic carbocycles. The minimum Gasteiger partial charge on any atom is -0.398 e. The zero-order valence-corrected chi connectivity index (χ0v) is 24.7. The van der Waals surface area contributed by atoms with E-state index in [9.17, 15) is 70.2 Å². The molecule has 46 heavy (non-hydrogen) atoms. The highest BCUT2D eigenvalue weighted by Gasteiger charge is 2.95. The third kappa shape index (κ3) is 5.21. The van der Waals surface area contributed by atoms with E-state index in [-0.39, 0.29) is 35.6 Å². The summed E-state index contributed by atoms with van der Waals surface area (Å²) in [6, 6.07) is 0.0584. The van der Waals surface area contributed by atoms with Crippen LogP contribution in [0.1, 0.15) is 72.9 Å². The van der Waals surface area contributed by atoms with Crippen LogP contribution in [0.4, 0.5) is 81.6 Å². The number of hydrogen-bond donors (Lipinski definition) is 2. The molecule has 0 amide bonds. The minimum atomic E-state index is -8.53. The molecular formula is C28H28F16N2. The van der Waals surface area contributed by atoms with E-state index in [1.54, 1.807) is 0 Å². The number of rotatable bonds is 11. The molecule has 2 rings (SSSR count). The summed E-state index contributed by atoms with van der Waals surface area (Å²) in [6.07, 6.45) is 0. The fourth-order valence-corrected chi connectivity index (χ4v) is 4.51. The van der Waals surface area contributed by atoms with Gasteiger partial charge in [0, 0.05) is 22.5 Å². The molecule has 262 valence electrons. The molecule has 0 aliphatic heterocycles. The predicted octanol–water partition coefficient (Wildman–Crippen LogP) is 10.4. The van der Waals surface area contributed by atoms with Crippen molar-refractivity contribution in [2.24, 2.45) is 0 Å². The maximum atomic E-state index is 14.9. The van der Waals surface area contributed by atoms with Crippen LogP contribution in [0.2, 0.25) is 0 Å². The van der Waals surface area contributed by atoms with E-state index in [1.807, 2.05) is 0 Å². The number of aryl methyl sites for hydroxylation is 2. The molecule has 0 heterocycles. The van der Waals surface area contributed by atoms with Crippen molar-refractivity contribution in [3.8, 4) is 0 Å². The Morgan fingerprint density at radius 2 is 0.630 bits per heavy atom. The van der Waals surface area contributed by atoms with Gasteiger partial charge in [0.25, 0.3) is 0 Å². The summed E-state index contributed by atoms with van der Waals surface area (Å²) in [7, 11) is 0. The van der Waals surface area contributed by atoms with E-state index in [1.165, 1.54) is 27.7 Å². The summed E-state index contributed by atoms with van der Waals surface area (Å²) < 4.78 is 235. The van der Waals surface area contributed by atoms with E-state index in [0.717, 1.165) is 13.8 Å². The first kappa shape index (κ1) is 39.1. The number of alkyl halides is 16. The third-order valence-electron chi connectivity index (χ3n) is 7.57. The van der Waals surface area contributed by atoms with Gasteiger partial charge in [-0.1, -0.05) is 27.7 Å². The largest absolute Gasteiger partial charge is 0.398 e. The molecule has 4 N–H and O–H groups in total. The first-order valence-corrected chi connectivity index (χ1v) is 13.0. The Balaban J connectivity index is 2.77. The van der Waals surface area contributed by atoms with Gasteiger partial charge in [-0.05, 0) is 72.2 Å². The molecule has 0 fully saturated rings. The molecule has 0 saturated carbocycles. The van der Waals surface area contributed by atoms with Crippen molar-refractivity contribution in [1.82, 2.24) is 0 Å². The number of benzene rings is 2. The molecule has 0 bridgehead atoms. The number of halogens is 16. The van der Waals surface area contributed by atoms with Crippen LogP contribution < -0.4 is 11.5 Å². The highest BCUT2D eigenvalue weighted by molar-refractivity contribution is 5.58. The lowest BCUT2D eigenvalue weighted by Gasteiger charge is -2.44. The van der Waals surface area contributed by atoms with Gasteiger partial charge in [-0.3, -0.25) is 0 Å². The summed E-state index contributed by atoms with van der Waals surface area (Å²) >= 11 is 0. The summed E-state index contributed by atoms with van der Waals surface area (Å²) in [6.45, 7) is 6.72. The number of nitrogens with two attached hydrogens (primary N) is 2. The van der Waals surface area contributed by atoms with Crippen molar-refractivity contribution < 1.29 is 70.2 Å². The molecule has 2 aromatic rings. The average Bonchev–Trinajstić information content (AvgIpc) is 2.90. The second kappa shape index (κ2) is 11.3. The first-order chi connectivity index (χ1) is 20.2. The van der Waals surface area contributed by atoms with Crippen molar-refractivity contribution in [1.29, 1.82) is 0 Å². The minimum absolute atomic E-state index is 0.00911. The van der Waals surface area contributed by atoms with Gasteiger partial charge in [-0.2, -0.15) is 70.2 Å². The Bertz CT molecular complexity index is 1350. The average molecular weight is 697 g/mol. The molecule has 0 atom stereocenters. The van der Waals surface area contributed by atoms with Crippen LogP contribution in [0.25, 0.3) is 0 Å². The van der Waals surface area contributed by atoms with Crippen LogP contribution >= 0.6 is 0 Å². The molecule has 0 saturated heterocycles. The Morgan fingerprint density at radius 3 is 0.848 bits per heavy atom. The van der Waals surface area contributed by atoms with Crippen LogP contribution in [-0.4, -0.2) is 35.5 Å². The Kier molecular flexibility index (Phi) is 9.58. The summed E-state index contributed by atoms with van der Waals surface area (Å²) in [5, 5.41) is 0. The topological polar surface area (TPSA) is 52.0 Å². The number of hydrogen-bond acceptors (Lipinski definition) is 2. The molecule has 0 aliphatic rings. The Morgan fingerprint density at radius 1 is 0.413 bits per heavy atom. The van der Waals surface area contributed by atoms with Gasteiger partial charge in [0.15, 0.2) is 0 Å². The van der Waals surface area contributed by atoms with E-state index >= 15 is 0 Å². The highest BCUT2D eigenvalue weighted by Crippen LogP contribution is 2.66. The fourth-order valence-electron chi connectivity index (χ4n) is 4.51. The second-order valence-electron chi connectivity index (χ2n) is 11.5. The lowest BCUT2D eigenvalue weighted by molar-refractivity contribution is -0.456. The van der Waals surface area contributed by atoms with E-state index in [4.69, 9.17) is 11.5 Å². The van der Waals surface area contributed by atoms with Crippen LogP contribution in [0.3, 0.4) is 0 Å². The quantitative estimate of drug-likeness (QED) is 0.182. The SMILES string of the molecule is Cc1cc(C(F)(F)C(F)(F)C(F)(F)C(F)(F)C(F)(F)C(F)(F)C(F)(F)C(F)(F)c2cc(C)c(N)c(C(C)C)c2)cc(C(C)C)c1N. The smallest absolute Gasteiger partial charge is 0.385 e. The fraction of sp³-hybridized carbons (Fsp3) is 0.571. The predicted molar refractivity (Wildman–Crippen MR) is 137 cm³/mol. The van der Waals surface area contributed by atoms with Gasteiger partial charge >= 0.3 is 47.4 Å². The summed E-state index contributed by atoms with van der Waals surface area (Å²) in [5.74, 6) is -64.1. The van der Waals surface area contributed by atoms with Gasteiger partial charge in [-0.25, -0.2) is 0 Å². The standard InChI is InChI=1S/C28H28F16N2/c1-11(2)17-9-15(7-13(5)19(17)45)21(29,30)23(33,34)25(37,38)27(41,42)28(43,44)26(39,40)24(35,36)22(31,32)16-8-14(6)20(46)18(10-16)12(3)4/h7-12H,45-46H2,1-6H3. The van der Waals surface area contributed by atoms with Gasteiger partial charge in [-0.15, -0.1) is 0 Å². The first-order valence-electron chi connectivity index (χ1n) is 13.0. The third-order valence-corrected chi connectivity index (χ3v) is 7.57. The summed E-state index contributed by atoms with van der Waals surface area (Å²) in [4.78, 5) is 0. The zero-order chi connectivity index (χ0) is 36.6. The maximum absolute atomic E-state index is 14.9. The normalized spacial score (nSPS) is 14.9. The van der Waals surface area contributed by atoms with Crippen LogP contribution in [0, 0.1) is 13.8 Å². The molecule has 0 aliphatic carbocycles. The van der Waals surface area contributed by atoms with E-state index in [2.05, 4.69) is 0 Å². The van der Waals surface area contributed by atoms with Crippen LogP contribution in [0.5, 0.6) is 0 Å². The van der Waals surface area contributed by atoms with Gasteiger partial charge in [0.1, 0.15) is 0 Å². The molecule has 0 aromatic heterocycles. The molecule has 0 radical (unpaired) electrons. The molecular weight excluding hydrogens is 668 g/mol. The monoisotopic (exact) mass is 696 g/mol. The van der Waals surface area contributed by atoms with Crippen molar-refractivity contribution in [3.63, 3.8) is 0 Å². The molecule has 18 heteroatoms. The van der Waals surface area contributed by atoms with E-state index in [0.29, 0.717) is 0 Å². The number of nitrogen functional groups attached to an aromatic ring is 2. The maximum Gasteiger partial charge on any atom is 0.385 e. The van der Waals surface area contributed by atoms with Crippen LogP contribution in [0.15, 0.2) is 24.3 Å².